The summed E-state index contributed by atoms with van der Waals surface area (Å²) >= 11 is 1.62. The number of hydrogen-bond donors (Lipinski definition) is 2. The highest BCUT2D eigenvalue weighted by molar-refractivity contribution is 7.17. The number of nitrogens with one attached hydrogen (secondary N) is 1. The van der Waals surface area contributed by atoms with Crippen molar-refractivity contribution < 1.29 is 5.11 Å². The number of hydrogen-bond acceptors (Lipinski definition) is 5. The van der Waals surface area contributed by atoms with Gasteiger partial charge in [0.2, 0.25) is 0 Å². The maximum Gasteiger partial charge on any atom is 0.147 e. The van der Waals surface area contributed by atoms with Gasteiger partial charge < -0.3 is 10.4 Å². The molecule has 15 heavy (non-hydrogen) atoms. The predicted octanol–water partition coefficient (Wildman–Crippen LogP) is 1.73. The quantitative estimate of drug-likeness (QED) is 0.828. The number of aromatic nitrogens is 2. The Morgan fingerprint density at radius 3 is 3.20 bits per heavy atom. The Kier molecular flexibility index (Phi) is 3.13. The molecule has 0 aromatic carbocycles. The second kappa shape index (κ2) is 4.55. The monoisotopic (exact) mass is 223 g/mol. The summed E-state index contributed by atoms with van der Waals surface area (Å²) in [5.41, 5.74) is 0.967. The fourth-order valence-corrected chi connectivity index (χ4v) is 2.06. The highest BCUT2D eigenvalue weighted by Gasteiger charge is 2.05. The Balaban J connectivity index is 2.17. The zero-order valence-electron chi connectivity index (χ0n) is 8.47. The lowest BCUT2D eigenvalue weighted by Crippen LogP contribution is -2.15. The van der Waals surface area contributed by atoms with Crippen molar-refractivity contribution in [1.82, 2.24) is 9.97 Å². The van der Waals surface area contributed by atoms with Gasteiger partial charge in [0.25, 0.3) is 0 Å². The number of rotatable bonds is 4. The van der Waals surface area contributed by atoms with E-state index in [0.29, 0.717) is 0 Å². The second-order valence-corrected chi connectivity index (χ2v) is 4.44. The molecule has 0 aliphatic heterocycles. The van der Waals surface area contributed by atoms with Gasteiger partial charge in [0.05, 0.1) is 10.2 Å². The molecule has 0 aliphatic rings. The zero-order valence-corrected chi connectivity index (χ0v) is 9.29. The van der Waals surface area contributed by atoms with Crippen molar-refractivity contribution in [2.45, 2.75) is 6.92 Å². The fourth-order valence-electron chi connectivity index (χ4n) is 1.25. The van der Waals surface area contributed by atoms with E-state index in [2.05, 4.69) is 15.3 Å². The standard InChI is InChI=1S/C10H13N3OS/c1-7(5-14)4-11-10-9-8(2-3-15-9)12-6-13-10/h2-3,6-7,14H,4-5H2,1H3,(H,11,12,13). The minimum atomic E-state index is 0.186. The molecule has 1 atom stereocenters. The number of aliphatic hydroxyl groups excluding tert-OH is 1. The third-order valence-corrected chi connectivity index (χ3v) is 3.08. The van der Waals surface area contributed by atoms with Gasteiger partial charge in [-0.3, -0.25) is 0 Å². The SMILES string of the molecule is CC(CO)CNc1ncnc2ccsc12. The molecule has 1 unspecified atom stereocenters. The molecule has 0 aliphatic carbocycles. The topological polar surface area (TPSA) is 58.0 Å². The van der Waals surface area contributed by atoms with Gasteiger partial charge in [-0.2, -0.15) is 0 Å². The molecule has 4 nitrogen and oxygen atoms in total. The molecule has 2 N–H and O–H groups in total. The first-order valence-electron chi connectivity index (χ1n) is 4.84. The molecule has 80 valence electrons. The lowest BCUT2D eigenvalue weighted by atomic mass is 10.2. The minimum absolute atomic E-state index is 0.186. The van der Waals surface area contributed by atoms with Crippen molar-refractivity contribution in [3.63, 3.8) is 0 Å². The predicted molar refractivity (Wildman–Crippen MR) is 62.2 cm³/mol. The van der Waals surface area contributed by atoms with Crippen molar-refractivity contribution in [3.05, 3.63) is 17.8 Å². The Bertz CT molecular complexity index is 443. The van der Waals surface area contributed by atoms with Crippen LogP contribution in [0.1, 0.15) is 6.92 Å². The van der Waals surface area contributed by atoms with Crippen LogP contribution >= 0.6 is 11.3 Å². The highest BCUT2D eigenvalue weighted by Crippen LogP contribution is 2.24. The maximum atomic E-state index is 8.92. The molecule has 2 heterocycles. The number of anilines is 1. The van der Waals surface area contributed by atoms with E-state index in [0.717, 1.165) is 22.6 Å². The summed E-state index contributed by atoms with van der Waals surface area (Å²) in [6.45, 7) is 2.89. The highest BCUT2D eigenvalue weighted by atomic mass is 32.1. The van der Waals surface area contributed by atoms with Crippen molar-refractivity contribution >= 4 is 27.4 Å². The van der Waals surface area contributed by atoms with Gasteiger partial charge in [0.1, 0.15) is 12.1 Å². The van der Waals surface area contributed by atoms with Crippen molar-refractivity contribution in [1.29, 1.82) is 0 Å². The Labute approximate surface area is 92.0 Å². The first kappa shape index (κ1) is 10.3. The van der Waals surface area contributed by atoms with Crippen LogP contribution in [-0.2, 0) is 0 Å². The van der Waals surface area contributed by atoms with Crippen molar-refractivity contribution in [2.75, 3.05) is 18.5 Å². The molecule has 0 fully saturated rings. The van der Waals surface area contributed by atoms with Gasteiger partial charge in [-0.1, -0.05) is 6.92 Å². The molecule has 0 amide bonds. The molecule has 5 heteroatoms. The molecule has 0 saturated heterocycles. The van der Waals surface area contributed by atoms with Gasteiger partial charge >= 0.3 is 0 Å². The summed E-state index contributed by atoms with van der Waals surface area (Å²) in [5.74, 6) is 1.09. The van der Waals surface area contributed by atoms with E-state index in [1.807, 2.05) is 18.4 Å². The minimum Gasteiger partial charge on any atom is -0.396 e. The molecule has 0 bridgehead atoms. The molecule has 0 radical (unpaired) electrons. The van der Waals surface area contributed by atoms with Gasteiger partial charge in [-0.25, -0.2) is 9.97 Å². The van der Waals surface area contributed by atoms with Gasteiger partial charge in [0.15, 0.2) is 0 Å². The maximum absolute atomic E-state index is 8.92. The van der Waals surface area contributed by atoms with Crippen LogP contribution in [0.2, 0.25) is 0 Å². The van der Waals surface area contributed by atoms with Gasteiger partial charge in [-0.15, -0.1) is 11.3 Å². The number of thiophene rings is 1. The lowest BCUT2D eigenvalue weighted by molar-refractivity contribution is 0.244. The summed E-state index contributed by atoms with van der Waals surface area (Å²) in [7, 11) is 0. The van der Waals surface area contributed by atoms with E-state index in [1.54, 1.807) is 17.7 Å². The van der Waals surface area contributed by atoms with E-state index >= 15 is 0 Å². The third kappa shape index (κ3) is 2.24. The average Bonchev–Trinajstić information content (AvgIpc) is 2.74. The van der Waals surface area contributed by atoms with Crippen LogP contribution < -0.4 is 5.32 Å². The van der Waals surface area contributed by atoms with Crippen LogP contribution in [0, 0.1) is 5.92 Å². The lowest BCUT2D eigenvalue weighted by Gasteiger charge is -2.10. The average molecular weight is 223 g/mol. The third-order valence-electron chi connectivity index (χ3n) is 2.17. The van der Waals surface area contributed by atoms with Crippen LogP contribution in [0.25, 0.3) is 10.2 Å². The van der Waals surface area contributed by atoms with Crippen LogP contribution in [0.4, 0.5) is 5.82 Å². The normalized spacial score (nSPS) is 12.9. The van der Waals surface area contributed by atoms with E-state index in [9.17, 15) is 0 Å². The molecular weight excluding hydrogens is 210 g/mol. The summed E-state index contributed by atoms with van der Waals surface area (Å²) in [6.07, 6.45) is 1.56. The largest absolute Gasteiger partial charge is 0.396 e. The molecule has 0 saturated carbocycles. The number of fused-ring (bicyclic) bond motifs is 1. The van der Waals surface area contributed by atoms with E-state index in [1.165, 1.54) is 0 Å². The summed E-state index contributed by atoms with van der Waals surface area (Å²) < 4.78 is 1.07. The van der Waals surface area contributed by atoms with Crippen LogP contribution in [0.3, 0.4) is 0 Å². The fraction of sp³-hybridized carbons (Fsp3) is 0.400. The van der Waals surface area contributed by atoms with Gasteiger partial charge in [-0.05, 0) is 17.4 Å². The Morgan fingerprint density at radius 1 is 1.53 bits per heavy atom. The summed E-state index contributed by atoms with van der Waals surface area (Å²) in [6, 6.07) is 1.97. The Hall–Kier alpha value is -1.20. The molecule has 0 spiro atoms. The van der Waals surface area contributed by atoms with Crippen LogP contribution in [0.5, 0.6) is 0 Å². The smallest absolute Gasteiger partial charge is 0.147 e. The van der Waals surface area contributed by atoms with Crippen molar-refractivity contribution in [3.8, 4) is 0 Å². The second-order valence-electron chi connectivity index (χ2n) is 3.53. The van der Waals surface area contributed by atoms with E-state index < -0.39 is 0 Å². The van der Waals surface area contributed by atoms with Crippen LogP contribution in [-0.4, -0.2) is 28.2 Å². The zero-order chi connectivity index (χ0) is 10.7. The number of nitrogens with zero attached hydrogens (tertiary/aromatic N) is 2. The summed E-state index contributed by atoms with van der Waals surface area (Å²) in [4.78, 5) is 8.35. The molecule has 2 aromatic rings. The first-order valence-corrected chi connectivity index (χ1v) is 5.72. The summed E-state index contributed by atoms with van der Waals surface area (Å²) in [5, 5.41) is 14.1. The first-order chi connectivity index (χ1) is 7.31. The van der Waals surface area contributed by atoms with E-state index in [-0.39, 0.29) is 12.5 Å². The molecule has 2 rings (SSSR count). The van der Waals surface area contributed by atoms with E-state index in [4.69, 9.17) is 5.11 Å². The Morgan fingerprint density at radius 2 is 2.40 bits per heavy atom. The van der Waals surface area contributed by atoms with Gasteiger partial charge in [0, 0.05) is 13.2 Å². The van der Waals surface area contributed by atoms with Crippen molar-refractivity contribution in [2.24, 2.45) is 5.92 Å². The van der Waals surface area contributed by atoms with Crippen LogP contribution in [0.15, 0.2) is 17.8 Å². The molecule has 2 aromatic heterocycles. The number of aliphatic hydroxyl groups is 1. The molecular formula is C10H13N3OS.